The number of aromatic nitrogens is 1. The molecule has 5 nitrogen and oxygen atoms in total. The van der Waals surface area contributed by atoms with E-state index in [0.29, 0.717) is 29.6 Å². The van der Waals surface area contributed by atoms with Gasteiger partial charge in [-0.1, -0.05) is 25.1 Å². The van der Waals surface area contributed by atoms with Crippen molar-refractivity contribution in [2.24, 2.45) is 0 Å². The number of benzene rings is 1. The summed E-state index contributed by atoms with van der Waals surface area (Å²) in [6.45, 7) is 5.00. The maximum absolute atomic E-state index is 12.9. The summed E-state index contributed by atoms with van der Waals surface area (Å²) in [5, 5.41) is 3.99. The number of carbonyl (C=O) groups excluding carboxylic acids is 1. The highest BCUT2D eigenvalue weighted by atomic mass is 16.3. The summed E-state index contributed by atoms with van der Waals surface area (Å²) < 4.78 is 5.47. The molecule has 26 heavy (non-hydrogen) atoms. The normalized spacial score (nSPS) is 17.7. The van der Waals surface area contributed by atoms with Crippen LogP contribution in [-0.4, -0.2) is 41.5 Å². The molecular formula is C21H23N3O2. The molecule has 1 atom stereocenters. The van der Waals surface area contributed by atoms with Gasteiger partial charge in [-0.05, 0) is 50.2 Å². The first-order valence-corrected chi connectivity index (χ1v) is 9.22. The van der Waals surface area contributed by atoms with Crippen LogP contribution in [-0.2, 0) is 0 Å². The largest absolute Gasteiger partial charge is 0.463 e. The van der Waals surface area contributed by atoms with Crippen LogP contribution in [0.2, 0.25) is 0 Å². The summed E-state index contributed by atoms with van der Waals surface area (Å²) >= 11 is 0. The highest BCUT2D eigenvalue weighted by Crippen LogP contribution is 2.25. The molecule has 1 aromatic carbocycles. The van der Waals surface area contributed by atoms with Gasteiger partial charge in [-0.3, -0.25) is 9.69 Å². The van der Waals surface area contributed by atoms with Gasteiger partial charge >= 0.3 is 0 Å². The molecule has 4 rings (SSSR count). The van der Waals surface area contributed by atoms with E-state index < -0.39 is 0 Å². The summed E-state index contributed by atoms with van der Waals surface area (Å²) in [6, 6.07) is 13.7. The van der Waals surface area contributed by atoms with Gasteiger partial charge in [0.2, 0.25) is 0 Å². The highest BCUT2D eigenvalue weighted by Gasteiger charge is 2.24. The lowest BCUT2D eigenvalue weighted by Gasteiger charge is -2.23. The van der Waals surface area contributed by atoms with Gasteiger partial charge in [0, 0.05) is 18.0 Å². The standard InChI is InChI=1S/C21H23N3O2/c1-2-24-11-5-7-15(24)14-22-21(25)17-13-19(20-10-6-12-26-20)23-18-9-4-3-8-16(17)18/h3-4,6,8-10,12-13,15H,2,5,7,11,14H2,1H3,(H,22,25). The summed E-state index contributed by atoms with van der Waals surface area (Å²) in [4.78, 5) is 20.0. The molecule has 1 N–H and O–H groups in total. The summed E-state index contributed by atoms with van der Waals surface area (Å²) in [5.41, 5.74) is 2.11. The Hall–Kier alpha value is -2.66. The Balaban J connectivity index is 1.63. The lowest BCUT2D eigenvalue weighted by Crippen LogP contribution is -2.40. The van der Waals surface area contributed by atoms with Gasteiger partial charge in [0.05, 0.1) is 17.3 Å². The predicted octanol–water partition coefficient (Wildman–Crippen LogP) is 3.71. The Labute approximate surface area is 153 Å². The quantitative estimate of drug-likeness (QED) is 0.763. The molecule has 0 radical (unpaired) electrons. The average Bonchev–Trinajstić information content (AvgIpc) is 3.36. The Morgan fingerprint density at radius 1 is 1.31 bits per heavy atom. The molecule has 1 amide bonds. The number of hydrogen-bond donors (Lipinski definition) is 1. The van der Waals surface area contributed by atoms with Gasteiger partial charge in [0.1, 0.15) is 5.69 Å². The van der Waals surface area contributed by atoms with Crippen molar-refractivity contribution in [2.75, 3.05) is 19.6 Å². The van der Waals surface area contributed by atoms with E-state index in [0.717, 1.165) is 30.4 Å². The van der Waals surface area contributed by atoms with Gasteiger partial charge in [-0.2, -0.15) is 0 Å². The zero-order chi connectivity index (χ0) is 17.9. The number of pyridine rings is 1. The van der Waals surface area contributed by atoms with Crippen molar-refractivity contribution >= 4 is 16.8 Å². The Morgan fingerprint density at radius 3 is 3.00 bits per heavy atom. The molecular weight excluding hydrogens is 326 g/mol. The van der Waals surface area contributed by atoms with Crippen LogP contribution in [0.15, 0.2) is 53.1 Å². The van der Waals surface area contributed by atoms with Crippen molar-refractivity contribution in [2.45, 2.75) is 25.8 Å². The van der Waals surface area contributed by atoms with Gasteiger partial charge in [-0.25, -0.2) is 4.98 Å². The third-order valence-electron chi connectivity index (χ3n) is 5.14. The second-order valence-corrected chi connectivity index (χ2v) is 6.68. The first-order valence-electron chi connectivity index (χ1n) is 9.22. The van der Waals surface area contributed by atoms with Crippen LogP contribution in [0, 0.1) is 0 Å². The third-order valence-corrected chi connectivity index (χ3v) is 5.14. The average molecular weight is 349 g/mol. The number of hydrogen-bond acceptors (Lipinski definition) is 4. The van der Waals surface area contributed by atoms with Crippen molar-refractivity contribution in [3.8, 4) is 11.5 Å². The molecule has 2 aromatic heterocycles. The minimum atomic E-state index is -0.0561. The van der Waals surface area contributed by atoms with E-state index in [4.69, 9.17) is 4.42 Å². The first kappa shape index (κ1) is 16.8. The number of likely N-dealkylation sites (N-methyl/N-ethyl adjacent to an activating group) is 1. The number of para-hydroxylation sites is 1. The topological polar surface area (TPSA) is 58.4 Å². The summed E-state index contributed by atoms with van der Waals surface area (Å²) in [6.07, 6.45) is 3.96. The molecule has 0 saturated carbocycles. The number of amides is 1. The molecule has 3 aromatic rings. The number of nitrogens with one attached hydrogen (secondary N) is 1. The monoisotopic (exact) mass is 349 g/mol. The fraction of sp³-hybridized carbons (Fsp3) is 0.333. The SMILES string of the molecule is CCN1CCCC1CNC(=O)c1cc(-c2ccco2)nc2ccccc12. The highest BCUT2D eigenvalue weighted by molar-refractivity contribution is 6.07. The van der Waals surface area contributed by atoms with Crippen LogP contribution in [0.3, 0.4) is 0 Å². The second kappa shape index (κ2) is 7.30. The lowest BCUT2D eigenvalue weighted by molar-refractivity contribution is 0.0943. The molecule has 0 spiro atoms. The molecule has 1 fully saturated rings. The Morgan fingerprint density at radius 2 is 2.19 bits per heavy atom. The third kappa shape index (κ3) is 3.22. The van der Waals surface area contributed by atoms with E-state index in [2.05, 4.69) is 22.1 Å². The van der Waals surface area contributed by atoms with Crippen LogP contribution >= 0.6 is 0 Å². The summed E-state index contributed by atoms with van der Waals surface area (Å²) in [7, 11) is 0. The van der Waals surface area contributed by atoms with E-state index in [1.54, 1.807) is 6.26 Å². The number of carbonyl (C=O) groups is 1. The first-order chi connectivity index (χ1) is 12.8. The molecule has 0 aliphatic carbocycles. The zero-order valence-electron chi connectivity index (χ0n) is 14.9. The number of fused-ring (bicyclic) bond motifs is 1. The van der Waals surface area contributed by atoms with Crippen LogP contribution in [0.5, 0.6) is 0 Å². The van der Waals surface area contributed by atoms with Gasteiger partial charge in [-0.15, -0.1) is 0 Å². The van der Waals surface area contributed by atoms with E-state index in [1.807, 2.05) is 42.5 Å². The van der Waals surface area contributed by atoms with Crippen molar-refractivity contribution in [1.82, 2.24) is 15.2 Å². The fourth-order valence-corrected chi connectivity index (χ4v) is 3.76. The lowest BCUT2D eigenvalue weighted by atomic mass is 10.1. The van der Waals surface area contributed by atoms with Gasteiger partial charge in [0.15, 0.2) is 5.76 Å². The smallest absolute Gasteiger partial charge is 0.252 e. The van der Waals surface area contributed by atoms with Crippen LogP contribution in [0.25, 0.3) is 22.4 Å². The second-order valence-electron chi connectivity index (χ2n) is 6.68. The molecule has 5 heteroatoms. The van der Waals surface area contributed by atoms with Gasteiger partial charge in [0.25, 0.3) is 5.91 Å². The molecule has 1 saturated heterocycles. The number of furan rings is 1. The van der Waals surface area contributed by atoms with Crippen LogP contribution < -0.4 is 5.32 Å². The Bertz CT molecular complexity index is 905. The predicted molar refractivity (Wildman–Crippen MR) is 102 cm³/mol. The molecule has 1 unspecified atom stereocenters. The van der Waals surface area contributed by atoms with E-state index in [9.17, 15) is 4.79 Å². The van der Waals surface area contributed by atoms with Crippen molar-refractivity contribution in [3.05, 3.63) is 54.3 Å². The van der Waals surface area contributed by atoms with Crippen LogP contribution in [0.1, 0.15) is 30.1 Å². The zero-order valence-corrected chi connectivity index (χ0v) is 14.9. The molecule has 0 bridgehead atoms. The number of likely N-dealkylation sites (tertiary alicyclic amines) is 1. The minimum absolute atomic E-state index is 0.0561. The number of rotatable bonds is 5. The van der Waals surface area contributed by atoms with Crippen molar-refractivity contribution in [3.63, 3.8) is 0 Å². The Kier molecular flexibility index (Phi) is 4.71. The molecule has 1 aliphatic heterocycles. The molecule has 3 heterocycles. The summed E-state index contributed by atoms with van der Waals surface area (Å²) in [5.74, 6) is 0.608. The maximum Gasteiger partial charge on any atom is 0.252 e. The maximum atomic E-state index is 12.9. The van der Waals surface area contributed by atoms with Crippen LogP contribution in [0.4, 0.5) is 0 Å². The molecule has 134 valence electrons. The van der Waals surface area contributed by atoms with Crippen molar-refractivity contribution < 1.29 is 9.21 Å². The van der Waals surface area contributed by atoms with Crippen molar-refractivity contribution in [1.29, 1.82) is 0 Å². The fourth-order valence-electron chi connectivity index (χ4n) is 3.76. The molecule has 1 aliphatic rings. The van der Waals surface area contributed by atoms with E-state index in [1.165, 1.54) is 6.42 Å². The van der Waals surface area contributed by atoms with E-state index >= 15 is 0 Å². The van der Waals surface area contributed by atoms with E-state index in [-0.39, 0.29) is 5.91 Å². The minimum Gasteiger partial charge on any atom is -0.463 e. The number of nitrogens with zero attached hydrogens (tertiary/aromatic N) is 2. The van der Waals surface area contributed by atoms with Gasteiger partial charge < -0.3 is 9.73 Å².